The lowest BCUT2D eigenvalue weighted by molar-refractivity contribution is -0.117. The van der Waals surface area contributed by atoms with Crippen molar-refractivity contribution < 1.29 is 14.3 Å². The number of hydrogen-bond acceptors (Lipinski definition) is 7. The molecule has 0 saturated carbocycles. The van der Waals surface area contributed by atoms with Gasteiger partial charge in [-0.05, 0) is 50.1 Å². The lowest BCUT2D eigenvalue weighted by Gasteiger charge is -2.32. The highest BCUT2D eigenvalue weighted by Crippen LogP contribution is 2.37. The van der Waals surface area contributed by atoms with E-state index in [0.717, 1.165) is 27.3 Å². The Hall–Kier alpha value is -2.78. The summed E-state index contributed by atoms with van der Waals surface area (Å²) in [5.41, 5.74) is 1.01. The molecule has 9 heteroatoms. The summed E-state index contributed by atoms with van der Waals surface area (Å²) < 4.78 is 12.5. The van der Waals surface area contributed by atoms with Gasteiger partial charge in [-0.25, -0.2) is 4.68 Å². The number of hydrogen-bond donors (Lipinski definition) is 1. The molecule has 3 heterocycles. The van der Waals surface area contributed by atoms with Gasteiger partial charge in [0.05, 0.1) is 24.2 Å². The maximum absolute atomic E-state index is 13.1. The molecule has 158 valence electrons. The fourth-order valence-corrected chi connectivity index (χ4v) is 4.53. The smallest absolute Gasteiger partial charge is 0.279 e. The van der Waals surface area contributed by atoms with Crippen LogP contribution < -0.4 is 15.6 Å². The molecule has 8 nitrogen and oxygen atoms in total. The van der Waals surface area contributed by atoms with E-state index in [2.05, 4.69) is 29.5 Å². The zero-order valence-electron chi connectivity index (χ0n) is 17.2. The minimum absolute atomic E-state index is 0.207. The summed E-state index contributed by atoms with van der Waals surface area (Å²) in [5, 5.41) is 11.5. The Balaban J connectivity index is 1.56. The van der Waals surface area contributed by atoms with Crippen LogP contribution in [0.15, 0.2) is 29.1 Å². The quantitative estimate of drug-likeness (QED) is 0.648. The van der Waals surface area contributed by atoms with E-state index in [1.165, 1.54) is 11.3 Å². The fourth-order valence-electron chi connectivity index (χ4n) is 3.49. The first-order chi connectivity index (χ1) is 14.4. The number of carbonyl (C=O) groups excluding carboxylic acids is 1. The molecule has 0 aliphatic carbocycles. The molecule has 0 radical (unpaired) electrons. The summed E-state index contributed by atoms with van der Waals surface area (Å²) in [5.74, 6) is 0.383. The van der Waals surface area contributed by atoms with Crippen LogP contribution in [0, 0.1) is 0 Å². The number of rotatable bonds is 6. The lowest BCUT2D eigenvalue weighted by Crippen LogP contribution is -2.35. The van der Waals surface area contributed by atoms with E-state index < -0.39 is 0 Å². The number of aromatic nitrogens is 3. The lowest BCUT2D eigenvalue weighted by atomic mass is 9.90. The van der Waals surface area contributed by atoms with Crippen molar-refractivity contribution in [3.63, 3.8) is 0 Å². The first-order valence-corrected chi connectivity index (χ1v) is 10.8. The Morgan fingerprint density at radius 1 is 1.33 bits per heavy atom. The average Bonchev–Trinajstić information content (AvgIpc) is 3.10. The van der Waals surface area contributed by atoms with E-state index in [-0.39, 0.29) is 23.6 Å². The van der Waals surface area contributed by atoms with Crippen LogP contribution in [0.4, 0.5) is 5.69 Å². The Morgan fingerprint density at radius 3 is 2.80 bits per heavy atom. The number of carbonyl (C=O) groups is 1. The monoisotopic (exact) mass is 428 g/mol. The summed E-state index contributed by atoms with van der Waals surface area (Å²) in [4.78, 5) is 27.2. The van der Waals surface area contributed by atoms with E-state index in [4.69, 9.17) is 9.47 Å². The predicted molar refractivity (Wildman–Crippen MR) is 115 cm³/mol. The van der Waals surface area contributed by atoms with Crippen LogP contribution in [0.5, 0.6) is 5.75 Å². The molecule has 4 rings (SSSR count). The van der Waals surface area contributed by atoms with Crippen LogP contribution in [-0.4, -0.2) is 33.1 Å². The molecule has 2 aromatic heterocycles. The minimum atomic E-state index is -0.347. The van der Waals surface area contributed by atoms with Gasteiger partial charge in [0.15, 0.2) is 4.83 Å². The second kappa shape index (κ2) is 8.16. The molecule has 1 atom stereocenters. The maximum Gasteiger partial charge on any atom is 0.279 e. The van der Waals surface area contributed by atoms with Crippen LogP contribution in [0.1, 0.15) is 37.6 Å². The number of nitrogens with zero attached hydrogens (tertiary/aromatic N) is 3. The van der Waals surface area contributed by atoms with Crippen molar-refractivity contribution in [1.29, 1.82) is 0 Å². The molecule has 1 aliphatic rings. The van der Waals surface area contributed by atoms with Gasteiger partial charge in [0, 0.05) is 17.0 Å². The van der Waals surface area contributed by atoms with Crippen molar-refractivity contribution in [2.24, 2.45) is 0 Å². The van der Waals surface area contributed by atoms with Crippen molar-refractivity contribution in [2.75, 3.05) is 11.9 Å². The van der Waals surface area contributed by atoms with Crippen molar-refractivity contribution in [1.82, 2.24) is 15.0 Å². The summed E-state index contributed by atoms with van der Waals surface area (Å²) in [6.07, 6.45) is 1.50. The Morgan fingerprint density at radius 2 is 2.10 bits per heavy atom. The second-order valence-electron chi connectivity index (χ2n) is 7.51. The number of fused-ring (bicyclic) bond motifs is 3. The van der Waals surface area contributed by atoms with Gasteiger partial charge in [-0.1, -0.05) is 12.1 Å². The summed E-state index contributed by atoms with van der Waals surface area (Å²) >= 11 is 1.44. The van der Waals surface area contributed by atoms with Gasteiger partial charge in [0.1, 0.15) is 12.3 Å². The number of benzene rings is 1. The molecular weight excluding hydrogens is 404 g/mol. The zero-order valence-corrected chi connectivity index (χ0v) is 18.0. The summed E-state index contributed by atoms with van der Waals surface area (Å²) in [6, 6.07) is 7.06. The van der Waals surface area contributed by atoms with Crippen molar-refractivity contribution in [3.05, 3.63) is 45.1 Å². The Kier molecular flexibility index (Phi) is 5.57. The standard InChI is InChI=1S/C21H24N4O4S/c1-4-21(3)10-15-16(12-29-21)30-19-18(15)20(27)25(24-23-19)11-17(26)22-13-6-8-14(9-7-13)28-5-2/h6-9H,4-5,10-12H2,1-3H3,(H,22,26)/t21-/m0/s1. The van der Waals surface area contributed by atoms with Crippen LogP contribution in [-0.2, 0) is 29.1 Å². The molecule has 1 amide bonds. The van der Waals surface area contributed by atoms with Crippen LogP contribution >= 0.6 is 11.3 Å². The van der Waals surface area contributed by atoms with Gasteiger partial charge in [-0.2, -0.15) is 0 Å². The Bertz CT molecular complexity index is 1140. The van der Waals surface area contributed by atoms with E-state index in [9.17, 15) is 9.59 Å². The van der Waals surface area contributed by atoms with Gasteiger partial charge in [-0.15, -0.1) is 16.4 Å². The molecular formula is C21H24N4O4S. The zero-order chi connectivity index (χ0) is 21.3. The third-order valence-corrected chi connectivity index (χ3v) is 6.45. The number of ether oxygens (including phenoxy) is 2. The van der Waals surface area contributed by atoms with Crippen LogP contribution in [0.3, 0.4) is 0 Å². The van der Waals surface area contributed by atoms with E-state index >= 15 is 0 Å². The van der Waals surface area contributed by atoms with Crippen molar-refractivity contribution in [3.8, 4) is 5.75 Å². The molecule has 0 spiro atoms. The van der Waals surface area contributed by atoms with Gasteiger partial charge >= 0.3 is 0 Å². The third-order valence-electron chi connectivity index (χ3n) is 5.36. The molecule has 0 fully saturated rings. The summed E-state index contributed by atoms with van der Waals surface area (Å²) in [6.45, 7) is 6.87. The number of anilines is 1. The maximum atomic E-state index is 13.1. The normalized spacial score (nSPS) is 18.2. The largest absolute Gasteiger partial charge is 0.494 e. The highest BCUT2D eigenvalue weighted by atomic mass is 32.1. The Labute approximate surface area is 177 Å². The third kappa shape index (κ3) is 3.95. The van der Waals surface area contributed by atoms with Crippen LogP contribution in [0.25, 0.3) is 10.2 Å². The van der Waals surface area contributed by atoms with Crippen LogP contribution in [0.2, 0.25) is 0 Å². The van der Waals surface area contributed by atoms with Crippen molar-refractivity contribution >= 4 is 33.1 Å². The predicted octanol–water partition coefficient (Wildman–Crippen LogP) is 3.13. The summed E-state index contributed by atoms with van der Waals surface area (Å²) in [7, 11) is 0. The fraction of sp³-hybridized carbons (Fsp3) is 0.429. The first-order valence-electron chi connectivity index (χ1n) is 9.97. The minimum Gasteiger partial charge on any atom is -0.494 e. The molecule has 1 N–H and O–H groups in total. The molecule has 0 saturated heterocycles. The van der Waals surface area contributed by atoms with Crippen molar-refractivity contribution in [2.45, 2.75) is 52.4 Å². The molecule has 3 aromatic rings. The van der Waals surface area contributed by atoms with Gasteiger partial charge in [-0.3, -0.25) is 9.59 Å². The molecule has 30 heavy (non-hydrogen) atoms. The van der Waals surface area contributed by atoms with Gasteiger partial charge in [0.25, 0.3) is 5.56 Å². The average molecular weight is 429 g/mol. The first kappa shape index (κ1) is 20.5. The molecule has 1 aliphatic heterocycles. The highest BCUT2D eigenvalue weighted by molar-refractivity contribution is 7.18. The molecule has 1 aromatic carbocycles. The SMILES string of the molecule is CCOc1ccc(NC(=O)Cn2nnc3sc4c(c3c2=O)C[C@](C)(CC)OC4)cc1. The van der Waals surface area contributed by atoms with Gasteiger partial charge < -0.3 is 14.8 Å². The molecule has 0 unspecified atom stereocenters. The van der Waals surface area contributed by atoms with E-state index in [0.29, 0.717) is 35.5 Å². The van der Waals surface area contributed by atoms with E-state index in [1.807, 2.05) is 6.92 Å². The van der Waals surface area contributed by atoms with E-state index in [1.54, 1.807) is 24.3 Å². The number of nitrogens with one attached hydrogen (secondary N) is 1. The number of thiophene rings is 1. The highest BCUT2D eigenvalue weighted by Gasteiger charge is 2.33. The number of amides is 1. The topological polar surface area (TPSA) is 95.3 Å². The second-order valence-corrected chi connectivity index (χ2v) is 8.59. The molecule has 0 bridgehead atoms. The van der Waals surface area contributed by atoms with Gasteiger partial charge in [0.2, 0.25) is 5.91 Å².